The van der Waals surface area contributed by atoms with Crippen molar-refractivity contribution in [1.82, 2.24) is 15.0 Å². The number of aliphatic hydroxyl groups is 1. The highest BCUT2D eigenvalue weighted by Gasteiger charge is 2.32. The first-order valence-corrected chi connectivity index (χ1v) is 16.9. The predicted octanol–water partition coefficient (Wildman–Crippen LogP) is 5.04. The Labute approximate surface area is 271 Å². The first kappa shape index (κ1) is 33.2. The maximum absolute atomic E-state index is 13.6. The van der Waals surface area contributed by atoms with E-state index in [0.717, 1.165) is 5.56 Å². The van der Waals surface area contributed by atoms with Crippen molar-refractivity contribution in [2.75, 3.05) is 31.5 Å². The van der Waals surface area contributed by atoms with Gasteiger partial charge in [0.25, 0.3) is 10.0 Å². The molecule has 2 N–H and O–H groups in total. The van der Waals surface area contributed by atoms with Gasteiger partial charge in [0.05, 0.1) is 19.1 Å². The van der Waals surface area contributed by atoms with E-state index in [1.807, 2.05) is 32.2 Å². The fourth-order valence-electron chi connectivity index (χ4n) is 5.89. The largest absolute Gasteiger partial charge is 0.488 e. The Morgan fingerprint density at radius 3 is 2.41 bits per heavy atom. The number of aryl methyl sites for hydroxylation is 2. The normalized spacial score (nSPS) is 17.9. The number of amides is 1. The van der Waals surface area contributed by atoms with Crippen molar-refractivity contribution in [3.8, 4) is 16.9 Å². The molecule has 1 amide bonds. The van der Waals surface area contributed by atoms with Crippen LogP contribution in [0.5, 0.6) is 5.75 Å². The van der Waals surface area contributed by atoms with Crippen molar-refractivity contribution in [3.05, 3.63) is 95.4 Å². The van der Waals surface area contributed by atoms with Crippen LogP contribution in [0.15, 0.2) is 82.2 Å². The van der Waals surface area contributed by atoms with Gasteiger partial charge < -0.3 is 19.3 Å². The van der Waals surface area contributed by atoms with Gasteiger partial charge in [-0.2, -0.15) is 0 Å². The number of fused-ring (bicyclic) bond motifs is 1. The van der Waals surface area contributed by atoms with E-state index >= 15 is 0 Å². The van der Waals surface area contributed by atoms with Gasteiger partial charge in [-0.05, 0) is 62.7 Å². The number of benzene rings is 3. The average molecular weight is 647 g/mol. The van der Waals surface area contributed by atoms with E-state index in [-0.39, 0.29) is 59.0 Å². The van der Waals surface area contributed by atoms with Crippen LogP contribution in [0.1, 0.15) is 36.4 Å². The van der Waals surface area contributed by atoms with Crippen molar-refractivity contribution in [2.45, 2.75) is 57.7 Å². The van der Waals surface area contributed by atoms with Crippen molar-refractivity contribution < 1.29 is 27.6 Å². The second kappa shape index (κ2) is 14.1. The van der Waals surface area contributed by atoms with Gasteiger partial charge in [-0.25, -0.2) is 8.42 Å². The summed E-state index contributed by atoms with van der Waals surface area (Å²) < 4.78 is 40.7. The zero-order valence-corrected chi connectivity index (χ0v) is 27.8. The van der Waals surface area contributed by atoms with Crippen molar-refractivity contribution in [1.29, 1.82) is 0 Å². The van der Waals surface area contributed by atoms with Crippen LogP contribution in [0.4, 0.5) is 5.69 Å². The molecule has 11 heteroatoms. The van der Waals surface area contributed by atoms with Crippen LogP contribution >= 0.6 is 0 Å². The van der Waals surface area contributed by atoms with Gasteiger partial charge in [-0.1, -0.05) is 66.7 Å². The number of carbonyl (C=O) groups excluding carboxylic acids is 1. The molecule has 5 rings (SSSR count). The Balaban J connectivity index is 1.38. The lowest BCUT2D eigenvalue weighted by molar-refractivity contribution is -0.134. The Hall–Kier alpha value is -4.19. The molecule has 0 aliphatic carbocycles. The minimum Gasteiger partial charge on any atom is -0.488 e. The summed E-state index contributed by atoms with van der Waals surface area (Å²) in [7, 11) is -1.95. The molecule has 1 aliphatic rings. The number of hydrogen-bond acceptors (Lipinski definition) is 8. The molecule has 3 aromatic carbocycles. The zero-order chi connectivity index (χ0) is 33.0. The van der Waals surface area contributed by atoms with Gasteiger partial charge in [0.15, 0.2) is 10.7 Å². The van der Waals surface area contributed by atoms with Gasteiger partial charge >= 0.3 is 0 Å². The second-order valence-corrected chi connectivity index (χ2v) is 13.8. The van der Waals surface area contributed by atoms with Crippen LogP contribution < -0.4 is 9.46 Å². The summed E-state index contributed by atoms with van der Waals surface area (Å²) in [6.07, 6.45) is -0.305. The number of aliphatic hydroxyl groups excluding tert-OH is 1. The molecule has 10 nitrogen and oxygen atoms in total. The molecule has 244 valence electrons. The zero-order valence-electron chi connectivity index (χ0n) is 26.9. The maximum Gasteiger partial charge on any atom is 0.267 e. The van der Waals surface area contributed by atoms with Gasteiger partial charge in [0.2, 0.25) is 5.91 Å². The van der Waals surface area contributed by atoms with Crippen LogP contribution in [0, 0.1) is 19.8 Å². The van der Waals surface area contributed by atoms with Crippen LogP contribution in [0.2, 0.25) is 0 Å². The topological polar surface area (TPSA) is 125 Å². The Morgan fingerprint density at radius 2 is 1.76 bits per heavy atom. The van der Waals surface area contributed by atoms with Crippen LogP contribution in [0.25, 0.3) is 11.1 Å². The number of ether oxygens (including phenoxy) is 1. The summed E-state index contributed by atoms with van der Waals surface area (Å²) in [6, 6.07) is 23.4. The van der Waals surface area contributed by atoms with Crippen molar-refractivity contribution >= 4 is 21.6 Å². The molecular formula is C35H42N4O6S. The molecule has 1 aromatic heterocycles. The van der Waals surface area contributed by atoms with Gasteiger partial charge in [0.1, 0.15) is 17.5 Å². The number of anilines is 1. The van der Waals surface area contributed by atoms with E-state index in [1.165, 1.54) is 11.1 Å². The molecule has 4 aromatic rings. The molecule has 0 radical (unpaired) electrons. The average Bonchev–Trinajstić information content (AvgIpc) is 3.40. The maximum atomic E-state index is 13.6. The number of nitrogens with one attached hydrogen (secondary N) is 1. The summed E-state index contributed by atoms with van der Waals surface area (Å²) in [5.74, 6) is 0.471. The SMILES string of the molecule is Cc1noc(C)c1S(=O)(=O)Nc1ccc2c(c1)CC(=O)N([C@@H](C)CO)C[C@H](C)[C@H](CN(C)Cc1ccc(-c3ccccc3)cc1)O2. The van der Waals surface area contributed by atoms with E-state index < -0.39 is 10.0 Å². The van der Waals surface area contributed by atoms with Gasteiger partial charge in [-0.3, -0.25) is 14.4 Å². The summed E-state index contributed by atoms with van der Waals surface area (Å²) in [5.41, 5.74) is 4.60. The van der Waals surface area contributed by atoms with E-state index in [2.05, 4.69) is 58.1 Å². The quantitative estimate of drug-likeness (QED) is 0.246. The van der Waals surface area contributed by atoms with E-state index in [1.54, 1.807) is 36.9 Å². The molecule has 1 aliphatic heterocycles. The fourth-order valence-corrected chi connectivity index (χ4v) is 7.27. The predicted molar refractivity (Wildman–Crippen MR) is 177 cm³/mol. The lowest BCUT2D eigenvalue weighted by Gasteiger charge is -2.34. The first-order valence-electron chi connectivity index (χ1n) is 15.4. The second-order valence-electron chi connectivity index (χ2n) is 12.2. The molecule has 0 saturated carbocycles. The number of sulfonamides is 1. The lowest BCUT2D eigenvalue weighted by Crippen LogP contribution is -2.47. The Bertz CT molecular complexity index is 1740. The minimum absolute atomic E-state index is 0.0103. The Kier molecular flexibility index (Phi) is 10.1. The summed E-state index contributed by atoms with van der Waals surface area (Å²) in [6.45, 7) is 8.49. The molecular weight excluding hydrogens is 604 g/mol. The number of likely N-dealkylation sites (N-methyl/N-ethyl adjacent to an activating group) is 1. The van der Waals surface area contributed by atoms with Crippen LogP contribution in [-0.2, 0) is 27.8 Å². The highest BCUT2D eigenvalue weighted by Crippen LogP contribution is 2.31. The third-order valence-corrected chi connectivity index (χ3v) is 10.0. The van der Waals surface area contributed by atoms with Gasteiger partial charge in [0, 0.05) is 36.8 Å². The number of nitrogens with zero attached hydrogens (tertiary/aromatic N) is 3. The van der Waals surface area contributed by atoms with Crippen molar-refractivity contribution in [3.63, 3.8) is 0 Å². The van der Waals surface area contributed by atoms with E-state index in [0.29, 0.717) is 30.9 Å². The highest BCUT2D eigenvalue weighted by atomic mass is 32.2. The Morgan fingerprint density at radius 1 is 1.07 bits per heavy atom. The molecule has 0 bridgehead atoms. The third kappa shape index (κ3) is 7.60. The smallest absolute Gasteiger partial charge is 0.267 e. The van der Waals surface area contributed by atoms with Crippen LogP contribution in [-0.4, -0.2) is 73.3 Å². The highest BCUT2D eigenvalue weighted by molar-refractivity contribution is 7.92. The molecule has 0 fully saturated rings. The lowest BCUT2D eigenvalue weighted by atomic mass is 10.0. The molecule has 2 heterocycles. The minimum atomic E-state index is -3.99. The fraction of sp³-hybridized carbons (Fsp3) is 0.371. The number of aromatic nitrogens is 1. The molecule has 0 unspecified atom stereocenters. The molecule has 0 saturated heterocycles. The standard InChI is InChI=1S/C35H42N4O6S/c1-23-19-39(24(2)22-40)34(41)18-30-17-31(37-46(42,43)35-25(3)36-45-26(35)4)15-16-32(30)44-33(23)21-38(5)20-27-11-13-29(14-12-27)28-9-7-6-8-10-28/h6-17,23-24,33,37,40H,18-22H2,1-5H3/t23-,24-,33-/m0/s1. The third-order valence-electron chi connectivity index (χ3n) is 8.41. The molecule has 0 spiro atoms. The molecule has 46 heavy (non-hydrogen) atoms. The van der Waals surface area contributed by atoms with Gasteiger partial charge in [-0.15, -0.1) is 0 Å². The monoisotopic (exact) mass is 646 g/mol. The van der Waals surface area contributed by atoms with E-state index in [9.17, 15) is 18.3 Å². The summed E-state index contributed by atoms with van der Waals surface area (Å²) in [4.78, 5) is 17.5. The van der Waals surface area contributed by atoms with E-state index in [4.69, 9.17) is 9.26 Å². The first-order chi connectivity index (χ1) is 21.9. The number of carbonyl (C=O) groups is 1. The summed E-state index contributed by atoms with van der Waals surface area (Å²) >= 11 is 0. The number of hydrogen-bond donors (Lipinski definition) is 2. The van der Waals surface area contributed by atoms with Crippen molar-refractivity contribution in [2.24, 2.45) is 5.92 Å². The number of rotatable bonds is 10. The summed E-state index contributed by atoms with van der Waals surface area (Å²) in [5, 5.41) is 13.7. The van der Waals surface area contributed by atoms with Crippen LogP contribution in [0.3, 0.4) is 0 Å². The molecule has 3 atom stereocenters.